The van der Waals surface area contributed by atoms with Gasteiger partial charge in [0.15, 0.2) is 0 Å². The molecule has 2 aromatic heterocycles. The Bertz CT molecular complexity index is 1130. The SMILES string of the molecule is COc1cc(OC)nc(NC(=O)NS(=O)(=O)c2c(Cl)ccnc2CC(C)OC(=O)C(F)CO)n1. The zero-order valence-electron chi connectivity index (χ0n) is 18.1. The number of amides is 2. The van der Waals surface area contributed by atoms with Gasteiger partial charge in [-0.25, -0.2) is 27.1 Å². The first-order chi connectivity index (χ1) is 16.0. The lowest BCUT2D eigenvalue weighted by molar-refractivity contribution is -0.155. The predicted octanol–water partition coefficient (Wildman–Crippen LogP) is 0.857. The summed E-state index contributed by atoms with van der Waals surface area (Å²) in [5, 5.41) is 10.5. The number of aliphatic hydroxyl groups is 1. The van der Waals surface area contributed by atoms with Gasteiger partial charge in [-0.1, -0.05) is 11.6 Å². The second kappa shape index (κ2) is 11.7. The molecule has 34 heavy (non-hydrogen) atoms. The maximum atomic E-state index is 13.2. The molecule has 0 saturated carbocycles. The van der Waals surface area contributed by atoms with Crippen LogP contribution in [0.5, 0.6) is 11.8 Å². The van der Waals surface area contributed by atoms with E-state index in [-0.39, 0.29) is 34.8 Å². The Morgan fingerprint density at radius 3 is 2.41 bits per heavy atom. The molecule has 0 aromatic carbocycles. The number of halogens is 2. The van der Waals surface area contributed by atoms with E-state index in [2.05, 4.69) is 20.3 Å². The van der Waals surface area contributed by atoms with E-state index in [1.54, 1.807) is 4.72 Å². The lowest BCUT2D eigenvalue weighted by Crippen LogP contribution is -2.36. The highest BCUT2D eigenvalue weighted by atomic mass is 35.5. The zero-order valence-corrected chi connectivity index (χ0v) is 19.7. The van der Waals surface area contributed by atoms with Crippen LogP contribution in [0.1, 0.15) is 12.6 Å². The standard InChI is InChI=1S/C18H21ClFN5O8S/c1-9(33-16(27)11(20)8-26)6-12-15(10(19)4-5-21-12)34(29,30)25-18(28)24-17-22-13(31-2)7-14(23-17)32-3/h4-5,7,9,11,26H,6,8H2,1-3H3,(H2,22,23,24,25,28). The smallest absolute Gasteiger partial charge is 0.343 e. The molecule has 186 valence electrons. The molecule has 0 aliphatic carbocycles. The largest absolute Gasteiger partial charge is 0.481 e. The molecule has 0 aliphatic rings. The van der Waals surface area contributed by atoms with E-state index in [9.17, 15) is 22.4 Å². The molecule has 0 bridgehead atoms. The van der Waals surface area contributed by atoms with Crippen LogP contribution < -0.4 is 19.5 Å². The maximum Gasteiger partial charge on any atom is 0.343 e. The van der Waals surface area contributed by atoms with Gasteiger partial charge in [-0.3, -0.25) is 10.3 Å². The van der Waals surface area contributed by atoms with Crippen LogP contribution in [0.25, 0.3) is 0 Å². The van der Waals surface area contributed by atoms with Crippen LogP contribution >= 0.6 is 11.6 Å². The van der Waals surface area contributed by atoms with Crippen molar-refractivity contribution in [2.75, 3.05) is 26.1 Å². The number of carbonyl (C=O) groups excluding carboxylic acids is 2. The third-order valence-electron chi connectivity index (χ3n) is 3.96. The van der Waals surface area contributed by atoms with Crippen molar-refractivity contribution in [3.05, 3.63) is 29.0 Å². The fourth-order valence-electron chi connectivity index (χ4n) is 2.52. The number of anilines is 1. The first-order valence-corrected chi connectivity index (χ1v) is 11.3. The predicted molar refractivity (Wildman–Crippen MR) is 115 cm³/mol. The summed E-state index contributed by atoms with van der Waals surface area (Å²) in [6, 6.07) is 1.28. The first-order valence-electron chi connectivity index (χ1n) is 9.40. The van der Waals surface area contributed by atoms with Crippen LogP contribution in [0.3, 0.4) is 0 Å². The average molecular weight is 522 g/mol. The third-order valence-corrected chi connectivity index (χ3v) is 5.84. The molecule has 2 amide bonds. The molecule has 16 heteroatoms. The number of urea groups is 1. The van der Waals surface area contributed by atoms with Crippen LogP contribution in [-0.2, 0) is 26.0 Å². The van der Waals surface area contributed by atoms with Gasteiger partial charge in [0, 0.05) is 12.6 Å². The number of esters is 1. The van der Waals surface area contributed by atoms with Crippen molar-refractivity contribution < 1.29 is 41.7 Å². The number of hydrogen-bond acceptors (Lipinski definition) is 11. The number of ether oxygens (including phenoxy) is 3. The van der Waals surface area contributed by atoms with Gasteiger partial charge in [-0.2, -0.15) is 9.97 Å². The minimum Gasteiger partial charge on any atom is -0.481 e. The average Bonchev–Trinajstić information content (AvgIpc) is 2.77. The highest BCUT2D eigenvalue weighted by Gasteiger charge is 2.28. The summed E-state index contributed by atoms with van der Waals surface area (Å²) in [5.41, 5.74) is -0.160. The fraction of sp³-hybridized carbons (Fsp3) is 0.389. The Morgan fingerprint density at radius 1 is 1.24 bits per heavy atom. The molecule has 0 spiro atoms. The Labute approximate surface area is 198 Å². The number of rotatable bonds is 10. The van der Waals surface area contributed by atoms with Crippen molar-refractivity contribution in [2.24, 2.45) is 0 Å². The highest BCUT2D eigenvalue weighted by Crippen LogP contribution is 2.25. The van der Waals surface area contributed by atoms with E-state index in [0.29, 0.717) is 0 Å². The van der Waals surface area contributed by atoms with Crippen molar-refractivity contribution in [3.63, 3.8) is 0 Å². The fourth-order valence-corrected chi connectivity index (χ4v) is 4.16. The Morgan fingerprint density at radius 2 is 1.85 bits per heavy atom. The van der Waals surface area contributed by atoms with Gasteiger partial charge >= 0.3 is 12.0 Å². The normalized spacial score (nSPS) is 12.9. The van der Waals surface area contributed by atoms with E-state index >= 15 is 0 Å². The van der Waals surface area contributed by atoms with Crippen molar-refractivity contribution in [1.82, 2.24) is 19.7 Å². The Kier molecular flexibility index (Phi) is 9.28. The van der Waals surface area contributed by atoms with E-state index in [4.69, 9.17) is 30.9 Å². The number of nitrogens with one attached hydrogen (secondary N) is 2. The van der Waals surface area contributed by atoms with Crippen LogP contribution in [0.15, 0.2) is 23.2 Å². The molecule has 2 atom stereocenters. The number of hydrogen-bond donors (Lipinski definition) is 3. The van der Waals surface area contributed by atoms with Crippen molar-refractivity contribution in [3.8, 4) is 11.8 Å². The number of carbonyl (C=O) groups is 2. The molecule has 2 rings (SSSR count). The molecule has 3 N–H and O–H groups in total. The lowest BCUT2D eigenvalue weighted by atomic mass is 10.2. The minimum absolute atomic E-state index is 0.0443. The maximum absolute atomic E-state index is 13.2. The second-order valence-electron chi connectivity index (χ2n) is 6.51. The molecular formula is C18H21ClFN5O8S. The summed E-state index contributed by atoms with van der Waals surface area (Å²) < 4.78 is 55.5. The number of methoxy groups -OCH3 is 2. The minimum atomic E-state index is -4.60. The number of aromatic nitrogens is 3. The number of nitrogens with zero attached hydrogens (tertiary/aromatic N) is 3. The Hall–Kier alpha value is -3.30. The van der Waals surface area contributed by atoms with Gasteiger partial charge in [0.2, 0.25) is 23.9 Å². The van der Waals surface area contributed by atoms with Crippen molar-refractivity contribution in [2.45, 2.75) is 30.5 Å². The second-order valence-corrected chi connectivity index (χ2v) is 8.53. The summed E-state index contributed by atoms with van der Waals surface area (Å²) >= 11 is 6.05. The number of aliphatic hydroxyl groups excluding tert-OH is 1. The van der Waals surface area contributed by atoms with Crippen molar-refractivity contribution in [1.29, 1.82) is 0 Å². The van der Waals surface area contributed by atoms with Gasteiger partial charge < -0.3 is 19.3 Å². The summed E-state index contributed by atoms with van der Waals surface area (Å²) in [6.45, 7) is 0.289. The summed E-state index contributed by atoms with van der Waals surface area (Å²) in [5.74, 6) is -1.55. The van der Waals surface area contributed by atoms with E-state index < -0.39 is 45.8 Å². The Balaban J connectivity index is 2.23. The van der Waals surface area contributed by atoms with E-state index in [0.717, 1.165) is 0 Å². The van der Waals surface area contributed by atoms with Crippen molar-refractivity contribution >= 4 is 39.6 Å². The molecule has 2 heterocycles. The lowest BCUT2D eigenvalue weighted by Gasteiger charge is -2.17. The van der Waals surface area contributed by atoms with E-state index in [1.807, 2.05) is 0 Å². The van der Waals surface area contributed by atoms with Crippen LogP contribution in [0.2, 0.25) is 5.02 Å². The summed E-state index contributed by atoms with van der Waals surface area (Å²) in [6.07, 6.45) is -2.38. The van der Waals surface area contributed by atoms with Gasteiger partial charge in [0.25, 0.3) is 10.0 Å². The van der Waals surface area contributed by atoms with Gasteiger partial charge in [0.05, 0.1) is 37.6 Å². The van der Waals surface area contributed by atoms with Gasteiger partial charge in [-0.05, 0) is 13.0 Å². The molecule has 2 aromatic rings. The molecular weight excluding hydrogens is 501 g/mol. The topological polar surface area (TPSA) is 179 Å². The third kappa shape index (κ3) is 7.10. The number of pyridine rings is 1. The van der Waals surface area contributed by atoms with Gasteiger partial charge in [0.1, 0.15) is 11.0 Å². The highest BCUT2D eigenvalue weighted by molar-refractivity contribution is 7.90. The molecule has 0 fully saturated rings. The van der Waals surface area contributed by atoms with Crippen LogP contribution in [-0.4, -0.2) is 73.6 Å². The monoisotopic (exact) mass is 521 g/mol. The number of alkyl halides is 1. The van der Waals surface area contributed by atoms with E-state index in [1.165, 1.54) is 39.5 Å². The zero-order chi connectivity index (χ0) is 25.5. The number of sulfonamides is 1. The van der Waals surface area contributed by atoms with Crippen LogP contribution in [0.4, 0.5) is 15.1 Å². The molecule has 0 saturated heterocycles. The summed E-state index contributed by atoms with van der Waals surface area (Å²) in [7, 11) is -1.96. The molecule has 0 aliphatic heterocycles. The molecule has 0 radical (unpaired) electrons. The summed E-state index contributed by atoms with van der Waals surface area (Å²) in [4.78, 5) is 34.9. The first kappa shape index (κ1) is 26.9. The molecule has 2 unspecified atom stereocenters. The van der Waals surface area contributed by atoms with Crippen LogP contribution in [0, 0.1) is 0 Å². The molecule has 13 nitrogen and oxygen atoms in total. The van der Waals surface area contributed by atoms with Gasteiger partial charge in [-0.15, -0.1) is 0 Å². The quantitative estimate of drug-likeness (QED) is 0.377.